The molecular weight excluding hydrogens is 170 g/mol. The molecule has 12 heavy (non-hydrogen) atoms. The summed E-state index contributed by atoms with van der Waals surface area (Å²) >= 11 is 0. The van der Waals surface area contributed by atoms with Gasteiger partial charge in [0, 0.05) is 28.3 Å². The predicted octanol–water partition coefficient (Wildman–Crippen LogP) is 0.252. The Morgan fingerprint density at radius 2 is 1.42 bits per heavy atom. The van der Waals surface area contributed by atoms with E-state index in [0.29, 0.717) is 0 Å². The smallest absolute Gasteiger partial charge is 0.291 e. The summed E-state index contributed by atoms with van der Waals surface area (Å²) in [5, 5.41) is 13.6. The molecule has 0 aromatic carbocycles. The molecule has 74 valence electrons. The van der Waals surface area contributed by atoms with Crippen molar-refractivity contribution in [3.8, 4) is 0 Å². The first kappa shape index (κ1) is 13.7. The lowest BCUT2D eigenvalue weighted by atomic mass is 10.6. The zero-order valence-electron chi connectivity index (χ0n) is 7.44. The highest BCUT2D eigenvalue weighted by atomic mass is 16.9. The Morgan fingerprint density at radius 3 is 1.42 bits per heavy atom. The van der Waals surface area contributed by atoms with Gasteiger partial charge in [0.15, 0.2) is 0 Å². The van der Waals surface area contributed by atoms with Gasteiger partial charge in [0.25, 0.3) is 11.1 Å². The van der Waals surface area contributed by atoms with E-state index >= 15 is 0 Å². The third-order valence-electron chi connectivity index (χ3n) is 1.11. The van der Waals surface area contributed by atoms with Crippen molar-refractivity contribution in [2.45, 2.75) is 12.9 Å². The molecule has 0 radical (unpaired) electrons. The van der Waals surface area contributed by atoms with Crippen LogP contribution in [0.5, 0.6) is 0 Å². The summed E-state index contributed by atoms with van der Waals surface area (Å²) < 4.78 is 14.4. The highest BCUT2D eigenvalue weighted by Crippen LogP contribution is 2.08. The first-order valence-corrected chi connectivity index (χ1v) is 2.90. The Balaban J connectivity index is 0. The van der Waals surface area contributed by atoms with Gasteiger partial charge in [0.2, 0.25) is 0 Å². The minimum atomic E-state index is -1.50. The van der Waals surface area contributed by atoms with E-state index in [-0.39, 0.29) is 0 Å². The third-order valence-corrected chi connectivity index (χ3v) is 1.11. The van der Waals surface area contributed by atoms with Gasteiger partial charge >= 0.3 is 0 Å². The number of hydrogen-bond donors (Lipinski definition) is 1. The SMILES string of the molecule is COC(C)(OC)OC.O=[N+]([O-])O. The second-order valence-corrected chi connectivity index (χ2v) is 1.71. The molecule has 0 aliphatic carbocycles. The topological polar surface area (TPSA) is 91.1 Å². The van der Waals surface area contributed by atoms with Gasteiger partial charge < -0.3 is 19.4 Å². The minimum Gasteiger partial charge on any atom is -0.331 e. The molecule has 0 atom stereocenters. The van der Waals surface area contributed by atoms with E-state index in [9.17, 15) is 0 Å². The molecule has 0 saturated carbocycles. The summed E-state index contributed by atoms with van der Waals surface area (Å²) in [6, 6.07) is 0. The van der Waals surface area contributed by atoms with Gasteiger partial charge in [-0.3, -0.25) is 0 Å². The van der Waals surface area contributed by atoms with Crippen LogP contribution in [0.2, 0.25) is 0 Å². The molecule has 0 unspecified atom stereocenters. The lowest BCUT2D eigenvalue weighted by Gasteiger charge is -2.23. The standard InChI is InChI=1S/C5H12O3.HNO3/c1-5(6-2,7-3)8-4;2-1(3)4/h1-4H3;(H,2,3,4). The Bertz CT molecular complexity index is 111. The molecule has 0 aliphatic rings. The van der Waals surface area contributed by atoms with Gasteiger partial charge in [-0.25, -0.2) is 0 Å². The van der Waals surface area contributed by atoms with Crippen LogP contribution >= 0.6 is 0 Å². The first-order chi connectivity index (χ1) is 5.41. The average Bonchev–Trinajstić information content (AvgIpc) is 2.02. The maximum absolute atomic E-state index is 8.36. The van der Waals surface area contributed by atoms with Crippen molar-refractivity contribution in [1.29, 1.82) is 0 Å². The maximum Gasteiger partial charge on any atom is 0.291 e. The molecule has 1 N–H and O–H groups in total. The van der Waals surface area contributed by atoms with E-state index in [1.54, 1.807) is 6.92 Å². The lowest BCUT2D eigenvalue weighted by molar-refractivity contribution is -0.742. The van der Waals surface area contributed by atoms with E-state index in [4.69, 9.17) is 29.5 Å². The molecule has 0 amide bonds. The second-order valence-electron chi connectivity index (χ2n) is 1.71. The highest BCUT2D eigenvalue weighted by Gasteiger charge is 2.20. The van der Waals surface area contributed by atoms with Crippen LogP contribution < -0.4 is 0 Å². The Hall–Kier alpha value is -0.920. The fraction of sp³-hybridized carbons (Fsp3) is 1.00. The Morgan fingerprint density at radius 1 is 1.25 bits per heavy atom. The minimum absolute atomic E-state index is 0.875. The number of methoxy groups -OCH3 is 3. The third kappa shape index (κ3) is 9.08. The van der Waals surface area contributed by atoms with E-state index < -0.39 is 11.1 Å². The first-order valence-electron chi connectivity index (χ1n) is 2.90. The van der Waals surface area contributed by atoms with Crippen molar-refractivity contribution in [2.75, 3.05) is 21.3 Å². The number of hydrogen-bond acceptors (Lipinski definition) is 5. The maximum atomic E-state index is 8.36. The molecule has 0 aromatic heterocycles. The zero-order valence-corrected chi connectivity index (χ0v) is 7.44. The van der Waals surface area contributed by atoms with E-state index in [0.717, 1.165) is 0 Å². The normalized spacial score (nSPS) is 10.0. The van der Waals surface area contributed by atoms with Crippen LogP contribution in [-0.2, 0) is 14.2 Å². The predicted molar refractivity (Wildman–Crippen MR) is 38.2 cm³/mol. The molecule has 7 heteroatoms. The lowest BCUT2D eigenvalue weighted by Crippen LogP contribution is -2.31. The summed E-state index contributed by atoms with van der Waals surface area (Å²) in [6.45, 7) is 1.69. The molecule has 0 heterocycles. The van der Waals surface area contributed by atoms with Crippen molar-refractivity contribution in [2.24, 2.45) is 0 Å². The van der Waals surface area contributed by atoms with Gasteiger partial charge in [-0.1, -0.05) is 0 Å². The summed E-state index contributed by atoms with van der Waals surface area (Å²) in [7, 11) is 4.56. The molecule has 0 spiro atoms. The van der Waals surface area contributed by atoms with Crippen molar-refractivity contribution in [1.82, 2.24) is 0 Å². The quantitative estimate of drug-likeness (QED) is 0.383. The van der Waals surface area contributed by atoms with Crippen LogP contribution in [0.15, 0.2) is 0 Å². The summed E-state index contributed by atoms with van der Waals surface area (Å²) in [4.78, 5) is 8.36. The monoisotopic (exact) mass is 183 g/mol. The zero-order chi connectivity index (χ0) is 10.2. The highest BCUT2D eigenvalue weighted by molar-refractivity contribution is 4.38. The van der Waals surface area contributed by atoms with Crippen LogP contribution in [0.4, 0.5) is 0 Å². The van der Waals surface area contributed by atoms with E-state index in [1.807, 2.05) is 0 Å². The largest absolute Gasteiger partial charge is 0.331 e. The molecule has 0 fully saturated rings. The van der Waals surface area contributed by atoms with Crippen LogP contribution in [0.1, 0.15) is 6.92 Å². The van der Waals surface area contributed by atoms with E-state index in [1.165, 1.54) is 21.3 Å². The fourth-order valence-corrected chi connectivity index (χ4v) is 0.250. The van der Waals surface area contributed by atoms with Gasteiger partial charge in [0.05, 0.1) is 0 Å². The molecule has 7 nitrogen and oxygen atoms in total. The summed E-state index contributed by atoms with van der Waals surface area (Å²) in [5.74, 6) is -0.875. The second kappa shape index (κ2) is 6.77. The Kier molecular flexibility index (Phi) is 7.70. The van der Waals surface area contributed by atoms with Crippen molar-refractivity contribution >= 4 is 0 Å². The molecule has 0 bridgehead atoms. The summed E-state index contributed by atoms with van der Waals surface area (Å²) in [6.07, 6.45) is 0. The van der Waals surface area contributed by atoms with Gasteiger partial charge in [-0.15, -0.1) is 10.1 Å². The van der Waals surface area contributed by atoms with Gasteiger partial charge in [-0.2, -0.15) is 0 Å². The summed E-state index contributed by atoms with van der Waals surface area (Å²) in [5.41, 5.74) is 0. The van der Waals surface area contributed by atoms with Crippen LogP contribution in [0.3, 0.4) is 0 Å². The molecule has 0 saturated heterocycles. The van der Waals surface area contributed by atoms with E-state index in [2.05, 4.69) is 0 Å². The van der Waals surface area contributed by atoms with Crippen LogP contribution in [-0.4, -0.2) is 37.6 Å². The van der Waals surface area contributed by atoms with Crippen molar-refractivity contribution in [3.63, 3.8) is 0 Å². The van der Waals surface area contributed by atoms with Crippen molar-refractivity contribution in [3.05, 3.63) is 10.1 Å². The molecule has 0 rings (SSSR count). The molecular formula is C5H13NO6. The van der Waals surface area contributed by atoms with Gasteiger partial charge in [-0.05, 0) is 0 Å². The number of nitrogens with zero attached hydrogens (tertiary/aromatic N) is 1. The number of ether oxygens (including phenoxy) is 3. The van der Waals surface area contributed by atoms with Crippen LogP contribution in [0.25, 0.3) is 0 Å². The van der Waals surface area contributed by atoms with Gasteiger partial charge in [0.1, 0.15) is 0 Å². The van der Waals surface area contributed by atoms with Crippen molar-refractivity contribution < 1.29 is 24.5 Å². The number of rotatable bonds is 3. The molecule has 0 aromatic rings. The fourth-order valence-electron chi connectivity index (χ4n) is 0.250. The van der Waals surface area contributed by atoms with Crippen LogP contribution in [0, 0.1) is 10.1 Å². The average molecular weight is 183 g/mol. The Labute approximate surface area is 69.9 Å². The molecule has 0 aliphatic heterocycles.